The number of H-pyrrole nitrogens is 1. The van der Waals surface area contributed by atoms with Crippen LogP contribution in [0.5, 0.6) is 6.01 Å². The van der Waals surface area contributed by atoms with Crippen molar-refractivity contribution in [2.24, 2.45) is 11.3 Å². The minimum Gasteiger partial charge on any atom is -0.481 e. The van der Waals surface area contributed by atoms with Crippen molar-refractivity contribution >= 4 is 34.4 Å². The SMILES string of the molecule is CC(C)(C(=O)O)[C@H]1CC[C@@H](Oc2nc3nc(-c4ccc(N5CCOCC5)cc4)c(Cl)cc3[nH]2)CC1. The summed E-state index contributed by atoms with van der Waals surface area (Å²) in [6.07, 6.45) is 3.23. The number of hydrogen-bond donors (Lipinski definition) is 2. The summed E-state index contributed by atoms with van der Waals surface area (Å²) in [4.78, 5) is 26.3. The lowest BCUT2D eigenvalue weighted by Crippen LogP contribution is -2.37. The monoisotopic (exact) mass is 498 g/mol. The Balaban J connectivity index is 1.28. The molecule has 186 valence electrons. The number of anilines is 1. The van der Waals surface area contributed by atoms with E-state index in [1.165, 1.54) is 0 Å². The van der Waals surface area contributed by atoms with Crippen molar-refractivity contribution in [1.29, 1.82) is 0 Å². The van der Waals surface area contributed by atoms with Gasteiger partial charge in [-0.25, -0.2) is 4.98 Å². The highest BCUT2D eigenvalue weighted by Crippen LogP contribution is 2.39. The number of fused-ring (bicyclic) bond motifs is 1. The van der Waals surface area contributed by atoms with Gasteiger partial charge in [0.05, 0.1) is 34.9 Å². The quantitative estimate of drug-likeness (QED) is 0.484. The van der Waals surface area contributed by atoms with E-state index in [2.05, 4.69) is 27.0 Å². The van der Waals surface area contributed by atoms with Crippen LogP contribution in [0.3, 0.4) is 0 Å². The Morgan fingerprint density at radius 3 is 2.49 bits per heavy atom. The maximum atomic E-state index is 11.6. The first-order chi connectivity index (χ1) is 16.8. The summed E-state index contributed by atoms with van der Waals surface area (Å²) in [5.41, 5.74) is 3.32. The van der Waals surface area contributed by atoms with Gasteiger partial charge >= 0.3 is 5.97 Å². The molecule has 0 unspecified atom stereocenters. The Labute approximate surface area is 209 Å². The lowest BCUT2D eigenvalue weighted by atomic mass is 9.70. The molecule has 0 bridgehead atoms. The van der Waals surface area contributed by atoms with Crippen molar-refractivity contribution in [3.05, 3.63) is 35.4 Å². The molecule has 8 nitrogen and oxygen atoms in total. The predicted molar refractivity (Wildman–Crippen MR) is 135 cm³/mol. The van der Waals surface area contributed by atoms with Crippen LogP contribution in [0.4, 0.5) is 5.69 Å². The highest BCUT2D eigenvalue weighted by molar-refractivity contribution is 6.33. The number of nitrogens with zero attached hydrogens (tertiary/aromatic N) is 3. The molecular weight excluding hydrogens is 468 g/mol. The third-order valence-corrected chi connectivity index (χ3v) is 7.73. The molecule has 1 saturated carbocycles. The molecule has 2 aromatic heterocycles. The van der Waals surface area contributed by atoms with Gasteiger partial charge in [0, 0.05) is 24.3 Å². The number of benzene rings is 1. The molecule has 2 aliphatic rings. The van der Waals surface area contributed by atoms with Crippen molar-refractivity contribution < 1.29 is 19.4 Å². The summed E-state index contributed by atoms with van der Waals surface area (Å²) in [5, 5.41) is 10.0. The smallest absolute Gasteiger partial charge is 0.309 e. The second-order valence-corrected chi connectivity index (χ2v) is 10.4. The maximum absolute atomic E-state index is 11.6. The zero-order valence-electron chi connectivity index (χ0n) is 20.1. The number of halogens is 1. The first kappa shape index (κ1) is 23.9. The standard InChI is InChI=1S/C26H31ClN4O4/c1-26(2,24(32)33)17-5-9-19(10-6-17)35-25-28-21-15-20(27)22(29-23(21)30-25)16-3-7-18(8-4-16)31-11-13-34-14-12-31/h3-4,7-8,15,17,19H,5-6,9-14H2,1-2H3,(H,32,33)(H,28,29,30)/t17-,19+. The number of ether oxygens (including phenoxy) is 2. The normalized spacial score (nSPS) is 21.3. The predicted octanol–water partition coefficient (Wildman–Crippen LogP) is 5.16. The third-order valence-electron chi connectivity index (χ3n) is 7.45. The molecule has 2 N–H and O–H groups in total. The molecule has 0 spiro atoms. The summed E-state index contributed by atoms with van der Waals surface area (Å²) in [6.45, 7) is 6.89. The Hall–Kier alpha value is -2.84. The van der Waals surface area contributed by atoms with E-state index in [4.69, 9.17) is 26.1 Å². The summed E-state index contributed by atoms with van der Waals surface area (Å²) in [6, 6.07) is 10.5. The van der Waals surface area contributed by atoms with Crippen molar-refractivity contribution in [2.45, 2.75) is 45.6 Å². The average Bonchev–Trinajstić information content (AvgIpc) is 3.25. The van der Waals surface area contributed by atoms with Crippen LogP contribution in [0.2, 0.25) is 5.02 Å². The molecule has 5 rings (SSSR count). The lowest BCUT2D eigenvalue weighted by Gasteiger charge is -2.36. The van der Waals surface area contributed by atoms with E-state index in [1.54, 1.807) is 0 Å². The van der Waals surface area contributed by atoms with Crippen LogP contribution in [0.1, 0.15) is 39.5 Å². The van der Waals surface area contributed by atoms with Crippen molar-refractivity contribution in [3.8, 4) is 17.3 Å². The molecule has 1 aliphatic heterocycles. The number of aliphatic carboxylic acids is 1. The van der Waals surface area contributed by atoms with Gasteiger partial charge in [-0.15, -0.1) is 0 Å². The Bertz CT molecular complexity index is 1200. The van der Waals surface area contributed by atoms with Crippen LogP contribution in [0, 0.1) is 11.3 Å². The van der Waals surface area contributed by atoms with Crippen molar-refractivity contribution in [2.75, 3.05) is 31.2 Å². The van der Waals surface area contributed by atoms with Gasteiger partial charge in [0.25, 0.3) is 6.01 Å². The second-order valence-electron chi connectivity index (χ2n) is 10.00. The molecule has 1 aliphatic carbocycles. The number of morpholine rings is 1. The fraction of sp³-hybridized carbons (Fsp3) is 0.500. The van der Waals surface area contributed by atoms with Gasteiger partial charge in [-0.1, -0.05) is 23.7 Å². The molecule has 3 heterocycles. The van der Waals surface area contributed by atoms with Crippen molar-refractivity contribution in [3.63, 3.8) is 0 Å². The van der Waals surface area contributed by atoms with Crippen LogP contribution in [-0.2, 0) is 9.53 Å². The fourth-order valence-electron chi connectivity index (χ4n) is 5.04. The van der Waals surface area contributed by atoms with E-state index >= 15 is 0 Å². The molecule has 3 aromatic rings. The van der Waals surface area contributed by atoms with Gasteiger partial charge in [0.15, 0.2) is 5.65 Å². The number of pyridine rings is 1. The van der Waals surface area contributed by atoms with Crippen molar-refractivity contribution in [1.82, 2.24) is 15.0 Å². The third kappa shape index (κ3) is 4.95. The van der Waals surface area contributed by atoms with Gasteiger partial charge in [0.2, 0.25) is 0 Å². The lowest BCUT2D eigenvalue weighted by molar-refractivity contribution is -0.151. The molecule has 0 radical (unpaired) electrons. The molecular formula is C26H31ClN4O4. The number of hydrogen-bond acceptors (Lipinski definition) is 6. The minimum atomic E-state index is -0.742. The van der Waals surface area contributed by atoms with Gasteiger partial charge < -0.3 is 24.5 Å². The van der Waals surface area contributed by atoms with Crippen LogP contribution in [0.15, 0.2) is 30.3 Å². The average molecular weight is 499 g/mol. The van der Waals surface area contributed by atoms with Crippen LogP contribution in [0.25, 0.3) is 22.4 Å². The molecule has 1 aromatic carbocycles. The van der Waals surface area contributed by atoms with E-state index in [0.29, 0.717) is 22.4 Å². The summed E-state index contributed by atoms with van der Waals surface area (Å²) < 4.78 is 11.6. The van der Waals surface area contributed by atoms with Crippen LogP contribution < -0.4 is 9.64 Å². The van der Waals surface area contributed by atoms with Gasteiger partial charge in [-0.3, -0.25) is 4.79 Å². The van der Waals surface area contributed by atoms with E-state index in [-0.39, 0.29) is 12.0 Å². The minimum absolute atomic E-state index is 0.000851. The molecule has 2 fully saturated rings. The number of carbonyl (C=O) groups is 1. The second kappa shape index (κ2) is 9.66. The van der Waals surface area contributed by atoms with Gasteiger partial charge in [-0.05, 0) is 63.6 Å². The molecule has 35 heavy (non-hydrogen) atoms. The number of aromatic nitrogens is 3. The van der Waals surface area contributed by atoms with E-state index in [9.17, 15) is 9.90 Å². The summed E-state index contributed by atoms with van der Waals surface area (Å²) >= 11 is 6.59. The van der Waals surface area contributed by atoms with Gasteiger partial charge in [0.1, 0.15) is 6.10 Å². The first-order valence-corrected chi connectivity index (χ1v) is 12.6. The maximum Gasteiger partial charge on any atom is 0.309 e. The summed E-state index contributed by atoms with van der Waals surface area (Å²) in [7, 11) is 0. The van der Waals surface area contributed by atoms with Crippen LogP contribution in [-0.4, -0.2) is 58.4 Å². The number of aromatic amines is 1. The topological polar surface area (TPSA) is 101 Å². The fourth-order valence-corrected chi connectivity index (χ4v) is 5.30. The Kier molecular flexibility index (Phi) is 6.59. The van der Waals surface area contributed by atoms with Gasteiger partial charge in [-0.2, -0.15) is 4.98 Å². The molecule has 9 heteroatoms. The zero-order valence-corrected chi connectivity index (χ0v) is 20.8. The molecule has 1 saturated heterocycles. The number of rotatable bonds is 6. The molecule has 0 amide bonds. The Morgan fingerprint density at radius 1 is 1.14 bits per heavy atom. The Morgan fingerprint density at radius 2 is 1.83 bits per heavy atom. The van der Waals surface area contributed by atoms with E-state index < -0.39 is 11.4 Å². The number of carboxylic acids is 1. The van der Waals surface area contributed by atoms with E-state index in [0.717, 1.165) is 68.8 Å². The largest absolute Gasteiger partial charge is 0.481 e. The number of imidazole rings is 1. The van der Waals surface area contributed by atoms with Crippen LogP contribution >= 0.6 is 11.6 Å². The highest BCUT2D eigenvalue weighted by Gasteiger charge is 2.39. The molecule has 0 atom stereocenters. The highest BCUT2D eigenvalue weighted by atomic mass is 35.5. The summed E-state index contributed by atoms with van der Waals surface area (Å²) in [5.74, 6) is -0.596. The first-order valence-electron chi connectivity index (χ1n) is 12.2. The number of carboxylic acid groups (broad SMARTS) is 1. The zero-order chi connectivity index (χ0) is 24.6. The van der Waals surface area contributed by atoms with E-state index in [1.807, 2.05) is 32.0 Å². The number of nitrogens with one attached hydrogen (secondary N) is 1.